The highest BCUT2D eigenvalue weighted by molar-refractivity contribution is 7.92. The Morgan fingerprint density at radius 3 is 2.26 bits per heavy atom. The molecule has 2 unspecified atom stereocenters. The van der Waals surface area contributed by atoms with Crippen molar-refractivity contribution in [2.75, 3.05) is 13.1 Å². The van der Waals surface area contributed by atoms with Crippen LogP contribution in [-0.4, -0.2) is 64.5 Å². The zero-order chi connectivity index (χ0) is 23.0. The van der Waals surface area contributed by atoms with Crippen LogP contribution in [0.4, 0.5) is 4.79 Å². The third-order valence-corrected chi connectivity index (χ3v) is 7.43. The number of amides is 2. The van der Waals surface area contributed by atoms with E-state index in [0.717, 1.165) is 16.3 Å². The number of urea groups is 1. The smallest absolute Gasteiger partial charge is 0.338 e. The maximum atomic E-state index is 13.1. The average Bonchev–Trinajstić information content (AvgIpc) is 2.67. The molecule has 1 aliphatic heterocycles. The van der Waals surface area contributed by atoms with Gasteiger partial charge in [-0.25, -0.2) is 18.0 Å². The number of primary amides is 1. The number of ether oxygens (including phenoxy) is 1. The summed E-state index contributed by atoms with van der Waals surface area (Å²) in [5, 5.41) is 18.5. The molecule has 3 rings (SSSR count). The zero-order valence-electron chi connectivity index (χ0n) is 17.0. The highest BCUT2D eigenvalue weighted by atomic mass is 32.2. The van der Waals surface area contributed by atoms with Crippen LogP contribution in [0.1, 0.15) is 17.8 Å². The number of hydrogen-bond donors (Lipinski definition) is 3. The van der Waals surface area contributed by atoms with Crippen molar-refractivity contribution in [3.63, 3.8) is 0 Å². The van der Waals surface area contributed by atoms with Gasteiger partial charge in [-0.05, 0) is 44.5 Å². The summed E-state index contributed by atoms with van der Waals surface area (Å²) in [6, 6.07) is 7.99. The quantitative estimate of drug-likeness (QED) is 0.614. The van der Waals surface area contributed by atoms with E-state index in [2.05, 4.69) is 4.98 Å². The van der Waals surface area contributed by atoms with E-state index in [-0.39, 0.29) is 17.9 Å². The van der Waals surface area contributed by atoms with Crippen LogP contribution in [0.5, 0.6) is 11.5 Å². The lowest BCUT2D eigenvalue weighted by Gasteiger charge is -2.40. The van der Waals surface area contributed by atoms with Gasteiger partial charge in [-0.3, -0.25) is 4.98 Å². The number of carbonyl (C=O) groups excluding carboxylic acids is 1. The Hall–Kier alpha value is -3.18. The standard InChI is InChI=1S/C20H23N3O7S/c1-12-9-15(10-13(2)22-12)30-14-3-5-16(6-4-14)31(28,29)17-7-8-23(19(21)26)11-20(17,27)18(24)25/h3-6,9-10,17,27H,7-8,11H2,1-2H3,(H2,21,26)(H,24,25). The van der Waals surface area contributed by atoms with Crippen molar-refractivity contribution < 1.29 is 33.0 Å². The summed E-state index contributed by atoms with van der Waals surface area (Å²) in [4.78, 5) is 28.1. The second kappa shape index (κ2) is 8.16. The molecule has 2 aromatic rings. The number of likely N-dealkylation sites (tertiary alicyclic amines) is 1. The molecule has 1 aromatic heterocycles. The third kappa shape index (κ3) is 4.47. The Bertz CT molecular complexity index is 1100. The molecule has 1 aromatic carbocycles. The Kier molecular flexibility index (Phi) is 5.92. The van der Waals surface area contributed by atoms with Crippen LogP contribution < -0.4 is 10.5 Å². The van der Waals surface area contributed by atoms with Crippen LogP contribution in [0, 0.1) is 13.8 Å². The highest BCUT2D eigenvalue weighted by Gasteiger charge is 2.55. The second-order valence-corrected chi connectivity index (χ2v) is 9.60. The normalized spacial score (nSPS) is 21.5. The summed E-state index contributed by atoms with van der Waals surface area (Å²) < 4.78 is 32.0. The number of β-amino-alcohol motifs (C(OH)–C–C–N with tert-alkyl or cyclic N) is 1. The van der Waals surface area contributed by atoms with Crippen LogP contribution in [-0.2, 0) is 14.6 Å². The SMILES string of the molecule is Cc1cc(Oc2ccc(S(=O)(=O)C3CCN(C(N)=O)CC3(O)C(=O)O)cc2)cc(C)n1. The van der Waals surface area contributed by atoms with Crippen molar-refractivity contribution in [2.45, 2.75) is 36.0 Å². The Morgan fingerprint density at radius 2 is 1.74 bits per heavy atom. The number of aryl methyl sites for hydroxylation is 2. The molecule has 10 nitrogen and oxygen atoms in total. The van der Waals surface area contributed by atoms with Crippen LogP contribution in [0.3, 0.4) is 0 Å². The van der Waals surface area contributed by atoms with Gasteiger partial charge in [0.2, 0.25) is 0 Å². The van der Waals surface area contributed by atoms with Gasteiger partial charge in [0.25, 0.3) is 0 Å². The summed E-state index contributed by atoms with van der Waals surface area (Å²) >= 11 is 0. The van der Waals surface area contributed by atoms with Gasteiger partial charge in [0.05, 0.1) is 11.4 Å². The van der Waals surface area contributed by atoms with Crippen molar-refractivity contribution in [3.8, 4) is 11.5 Å². The number of aliphatic hydroxyl groups is 1. The molecule has 1 aliphatic rings. The number of carbonyl (C=O) groups is 2. The molecule has 0 saturated carbocycles. The second-order valence-electron chi connectivity index (χ2n) is 7.47. The van der Waals surface area contributed by atoms with E-state index >= 15 is 0 Å². The first-order valence-electron chi connectivity index (χ1n) is 9.41. The number of piperidine rings is 1. The van der Waals surface area contributed by atoms with Crippen LogP contribution in [0.2, 0.25) is 0 Å². The maximum Gasteiger partial charge on any atom is 0.338 e. The first-order chi connectivity index (χ1) is 14.4. The van der Waals surface area contributed by atoms with Gasteiger partial charge in [-0.2, -0.15) is 0 Å². The average molecular weight is 449 g/mol. The van der Waals surface area contributed by atoms with E-state index in [4.69, 9.17) is 10.5 Å². The minimum atomic E-state index is -4.24. The first-order valence-corrected chi connectivity index (χ1v) is 11.0. The molecular formula is C20H23N3O7S. The molecule has 1 saturated heterocycles. The van der Waals surface area contributed by atoms with E-state index < -0.39 is 39.2 Å². The number of benzene rings is 1. The summed E-state index contributed by atoms with van der Waals surface area (Å²) in [7, 11) is -4.24. The van der Waals surface area contributed by atoms with Gasteiger partial charge < -0.3 is 25.6 Å². The molecule has 2 heterocycles. The number of sulfone groups is 1. The zero-order valence-corrected chi connectivity index (χ0v) is 17.8. The highest BCUT2D eigenvalue weighted by Crippen LogP contribution is 2.33. The van der Waals surface area contributed by atoms with Crippen LogP contribution >= 0.6 is 0 Å². The Morgan fingerprint density at radius 1 is 1.16 bits per heavy atom. The van der Waals surface area contributed by atoms with E-state index in [1.165, 1.54) is 24.3 Å². The fourth-order valence-electron chi connectivity index (χ4n) is 3.64. The number of nitrogens with zero attached hydrogens (tertiary/aromatic N) is 2. The molecule has 4 N–H and O–H groups in total. The number of carboxylic acid groups (broad SMARTS) is 1. The van der Waals surface area contributed by atoms with Crippen molar-refractivity contribution in [2.24, 2.45) is 5.73 Å². The van der Waals surface area contributed by atoms with Crippen LogP contribution in [0.25, 0.3) is 0 Å². The van der Waals surface area contributed by atoms with Gasteiger partial charge >= 0.3 is 12.0 Å². The number of aromatic nitrogens is 1. The van der Waals surface area contributed by atoms with Crippen molar-refractivity contribution in [1.82, 2.24) is 9.88 Å². The fraction of sp³-hybridized carbons (Fsp3) is 0.350. The summed E-state index contributed by atoms with van der Waals surface area (Å²) in [5.74, 6) is -0.823. The van der Waals surface area contributed by atoms with E-state index in [0.29, 0.717) is 11.5 Å². The fourth-order valence-corrected chi connectivity index (χ4v) is 5.59. The van der Waals surface area contributed by atoms with Gasteiger partial charge in [0.1, 0.15) is 16.7 Å². The molecule has 1 fully saturated rings. The molecule has 2 amide bonds. The predicted octanol–water partition coefficient (Wildman–Crippen LogP) is 1.23. The number of hydrogen-bond acceptors (Lipinski definition) is 7. The van der Waals surface area contributed by atoms with Gasteiger partial charge in [-0.15, -0.1) is 0 Å². The number of pyridine rings is 1. The molecule has 0 radical (unpaired) electrons. The third-order valence-electron chi connectivity index (χ3n) is 5.13. The van der Waals surface area contributed by atoms with Gasteiger partial charge in [0, 0.05) is 30.1 Å². The largest absolute Gasteiger partial charge is 0.479 e. The van der Waals surface area contributed by atoms with E-state index in [9.17, 15) is 28.2 Å². The number of rotatable bonds is 5. The summed E-state index contributed by atoms with van der Waals surface area (Å²) in [6.07, 6.45) is -0.276. The van der Waals surface area contributed by atoms with Crippen molar-refractivity contribution in [1.29, 1.82) is 0 Å². The molecular weight excluding hydrogens is 426 g/mol. The predicted molar refractivity (Wildman–Crippen MR) is 110 cm³/mol. The topological polar surface area (TPSA) is 160 Å². The number of carboxylic acids is 1. The minimum absolute atomic E-state index is 0.0865. The van der Waals surface area contributed by atoms with E-state index in [1.807, 2.05) is 13.8 Å². The molecule has 2 atom stereocenters. The molecule has 0 aliphatic carbocycles. The van der Waals surface area contributed by atoms with Crippen molar-refractivity contribution >= 4 is 21.8 Å². The molecule has 31 heavy (non-hydrogen) atoms. The lowest BCUT2D eigenvalue weighted by molar-refractivity contribution is -0.162. The molecule has 11 heteroatoms. The Labute approximate surface area is 179 Å². The first kappa shape index (κ1) is 22.5. The summed E-state index contributed by atoms with van der Waals surface area (Å²) in [5.41, 5.74) is 4.02. The van der Waals surface area contributed by atoms with Crippen molar-refractivity contribution in [3.05, 3.63) is 47.8 Å². The van der Waals surface area contributed by atoms with Crippen LogP contribution in [0.15, 0.2) is 41.3 Å². The lowest BCUT2D eigenvalue weighted by atomic mass is 9.92. The lowest BCUT2D eigenvalue weighted by Crippen LogP contribution is -2.65. The monoisotopic (exact) mass is 449 g/mol. The van der Waals surface area contributed by atoms with Gasteiger partial charge in [0.15, 0.2) is 15.4 Å². The number of aliphatic carboxylic acids is 1. The number of nitrogens with two attached hydrogens (primary N) is 1. The minimum Gasteiger partial charge on any atom is -0.479 e. The Balaban J connectivity index is 1.87. The summed E-state index contributed by atoms with van der Waals surface area (Å²) in [6.45, 7) is 2.84. The molecule has 0 spiro atoms. The molecule has 166 valence electrons. The van der Waals surface area contributed by atoms with E-state index in [1.54, 1.807) is 12.1 Å². The van der Waals surface area contributed by atoms with Gasteiger partial charge in [-0.1, -0.05) is 0 Å². The molecule has 0 bridgehead atoms. The maximum absolute atomic E-state index is 13.1.